The maximum absolute atomic E-state index is 10.2. The summed E-state index contributed by atoms with van der Waals surface area (Å²) in [6.45, 7) is 5.68. The molecule has 0 fully saturated rings. The highest BCUT2D eigenvalue weighted by molar-refractivity contribution is 7.12. The van der Waals surface area contributed by atoms with Crippen molar-refractivity contribution in [1.82, 2.24) is 0 Å². The molecule has 1 N–H and O–H groups in total. The molecule has 1 aromatic rings. The minimum absolute atomic E-state index is 0.189. The molecule has 0 bridgehead atoms. The fourth-order valence-corrected chi connectivity index (χ4v) is 2.13. The Balaban J connectivity index is 2.92. The molecule has 1 heterocycles. The first-order valence-corrected chi connectivity index (χ1v) is 5.12. The first-order valence-electron chi connectivity index (χ1n) is 4.30. The summed E-state index contributed by atoms with van der Waals surface area (Å²) in [5.41, 5.74) is -0.881. The number of hydrogen-bond donors (Lipinski definition) is 1. The largest absolute Gasteiger partial charge is 0.382 e. The minimum Gasteiger partial charge on any atom is -0.382 e. The molecule has 1 rings (SSSR count). The van der Waals surface area contributed by atoms with E-state index in [9.17, 15) is 5.11 Å². The van der Waals surface area contributed by atoms with Gasteiger partial charge in [0.1, 0.15) is 5.60 Å². The predicted octanol–water partition coefficient (Wildman–Crippen LogP) is 2.30. The Morgan fingerprint density at radius 1 is 1.54 bits per heavy atom. The highest BCUT2D eigenvalue weighted by Crippen LogP contribution is 2.31. The lowest BCUT2D eigenvalue weighted by Crippen LogP contribution is -2.34. The van der Waals surface area contributed by atoms with Crippen LogP contribution in [0.4, 0.5) is 0 Å². The smallest absolute Gasteiger partial charge is 0.122 e. The number of aryl methyl sites for hydroxylation is 1. The molecular weight excluding hydrogens is 184 g/mol. The molecule has 3 heteroatoms. The van der Waals surface area contributed by atoms with E-state index in [-0.39, 0.29) is 6.10 Å². The van der Waals surface area contributed by atoms with Crippen molar-refractivity contribution in [3.05, 3.63) is 21.9 Å². The number of hydrogen-bond acceptors (Lipinski definition) is 3. The number of methoxy groups -OCH3 is 1. The van der Waals surface area contributed by atoms with Crippen LogP contribution in [0, 0.1) is 6.92 Å². The minimum atomic E-state index is -0.881. The molecule has 2 atom stereocenters. The molecule has 2 nitrogen and oxygen atoms in total. The lowest BCUT2D eigenvalue weighted by molar-refractivity contribution is -0.0748. The molecule has 13 heavy (non-hydrogen) atoms. The summed E-state index contributed by atoms with van der Waals surface area (Å²) in [5, 5.41) is 10.2. The molecule has 74 valence electrons. The van der Waals surface area contributed by atoms with E-state index in [0.717, 1.165) is 4.88 Å². The van der Waals surface area contributed by atoms with E-state index in [4.69, 9.17) is 4.74 Å². The maximum atomic E-state index is 10.2. The second-order valence-electron chi connectivity index (χ2n) is 3.44. The van der Waals surface area contributed by atoms with E-state index in [1.54, 1.807) is 25.4 Å². The Morgan fingerprint density at radius 2 is 2.15 bits per heavy atom. The van der Waals surface area contributed by atoms with Crippen molar-refractivity contribution in [2.75, 3.05) is 7.11 Å². The van der Waals surface area contributed by atoms with E-state index < -0.39 is 5.60 Å². The average molecular weight is 200 g/mol. The van der Waals surface area contributed by atoms with Gasteiger partial charge in [0.05, 0.1) is 6.10 Å². The van der Waals surface area contributed by atoms with Crippen molar-refractivity contribution in [2.45, 2.75) is 32.5 Å². The van der Waals surface area contributed by atoms with Crippen LogP contribution in [0.1, 0.15) is 23.6 Å². The van der Waals surface area contributed by atoms with Crippen molar-refractivity contribution < 1.29 is 9.84 Å². The highest BCUT2D eigenvalue weighted by Gasteiger charge is 2.31. The summed E-state index contributed by atoms with van der Waals surface area (Å²) in [7, 11) is 1.61. The van der Waals surface area contributed by atoms with E-state index in [1.807, 2.05) is 26.0 Å². The van der Waals surface area contributed by atoms with Crippen LogP contribution in [0.3, 0.4) is 0 Å². The van der Waals surface area contributed by atoms with Crippen molar-refractivity contribution in [2.24, 2.45) is 0 Å². The SMILES string of the molecule is COC(C)C(C)(O)c1ccc(C)s1. The van der Waals surface area contributed by atoms with Crippen LogP contribution in [-0.2, 0) is 10.3 Å². The summed E-state index contributed by atoms with van der Waals surface area (Å²) >= 11 is 1.61. The van der Waals surface area contributed by atoms with E-state index in [0.29, 0.717) is 0 Å². The van der Waals surface area contributed by atoms with Gasteiger partial charge in [-0.1, -0.05) is 0 Å². The Labute approximate surface area is 83.2 Å². The standard InChI is InChI=1S/C10H16O2S/c1-7-5-6-9(13-7)10(3,11)8(2)12-4/h5-6,8,11H,1-4H3. The third-order valence-electron chi connectivity index (χ3n) is 2.38. The molecule has 0 saturated heterocycles. The quantitative estimate of drug-likeness (QED) is 0.811. The van der Waals surface area contributed by atoms with Gasteiger partial charge in [-0.2, -0.15) is 0 Å². The van der Waals surface area contributed by atoms with Gasteiger partial charge in [0.15, 0.2) is 0 Å². The number of thiophene rings is 1. The zero-order valence-corrected chi connectivity index (χ0v) is 9.31. The van der Waals surface area contributed by atoms with E-state index in [1.165, 1.54) is 4.88 Å². The van der Waals surface area contributed by atoms with E-state index >= 15 is 0 Å². The van der Waals surface area contributed by atoms with Gasteiger partial charge in [-0.05, 0) is 32.9 Å². The molecule has 0 aliphatic carbocycles. The van der Waals surface area contributed by atoms with Crippen molar-refractivity contribution in [3.63, 3.8) is 0 Å². The van der Waals surface area contributed by atoms with Crippen molar-refractivity contribution in [3.8, 4) is 0 Å². The molecule has 0 spiro atoms. The zero-order valence-electron chi connectivity index (χ0n) is 8.50. The van der Waals surface area contributed by atoms with Gasteiger partial charge < -0.3 is 9.84 Å². The Bertz CT molecular complexity index is 278. The van der Waals surface area contributed by atoms with Gasteiger partial charge in [0, 0.05) is 16.9 Å². The van der Waals surface area contributed by atoms with Gasteiger partial charge in [-0.25, -0.2) is 0 Å². The lowest BCUT2D eigenvalue weighted by atomic mass is 9.98. The van der Waals surface area contributed by atoms with Crippen LogP contribution < -0.4 is 0 Å². The molecule has 0 saturated carbocycles. The van der Waals surface area contributed by atoms with Gasteiger partial charge in [0.2, 0.25) is 0 Å². The number of rotatable bonds is 3. The monoisotopic (exact) mass is 200 g/mol. The van der Waals surface area contributed by atoms with Crippen LogP contribution in [0.5, 0.6) is 0 Å². The Hall–Kier alpha value is -0.380. The molecule has 1 aromatic heterocycles. The van der Waals surface area contributed by atoms with Crippen LogP contribution in [0.2, 0.25) is 0 Å². The first-order chi connectivity index (χ1) is 5.98. The average Bonchev–Trinajstić information content (AvgIpc) is 2.50. The maximum Gasteiger partial charge on any atom is 0.122 e. The van der Waals surface area contributed by atoms with Crippen LogP contribution in [0.15, 0.2) is 12.1 Å². The summed E-state index contributed by atoms with van der Waals surface area (Å²) in [6.07, 6.45) is -0.189. The summed E-state index contributed by atoms with van der Waals surface area (Å²) in [5.74, 6) is 0. The van der Waals surface area contributed by atoms with Crippen molar-refractivity contribution in [1.29, 1.82) is 0 Å². The molecule has 0 aliphatic heterocycles. The Kier molecular flexibility index (Phi) is 3.11. The molecular formula is C10H16O2S. The number of aliphatic hydroxyl groups is 1. The third-order valence-corrected chi connectivity index (χ3v) is 3.61. The van der Waals surface area contributed by atoms with Gasteiger partial charge in [0.25, 0.3) is 0 Å². The molecule has 0 amide bonds. The van der Waals surface area contributed by atoms with Crippen molar-refractivity contribution >= 4 is 11.3 Å². The predicted molar refractivity (Wildman–Crippen MR) is 55.1 cm³/mol. The summed E-state index contributed by atoms with van der Waals surface area (Å²) in [6, 6.07) is 3.96. The summed E-state index contributed by atoms with van der Waals surface area (Å²) in [4.78, 5) is 2.16. The second-order valence-corrected chi connectivity index (χ2v) is 4.72. The molecule has 0 radical (unpaired) electrons. The first kappa shape index (κ1) is 10.7. The molecule has 0 aliphatic rings. The van der Waals surface area contributed by atoms with Crippen LogP contribution in [-0.4, -0.2) is 18.3 Å². The topological polar surface area (TPSA) is 29.5 Å². The van der Waals surface area contributed by atoms with Gasteiger partial charge in [-0.3, -0.25) is 0 Å². The van der Waals surface area contributed by atoms with Gasteiger partial charge in [-0.15, -0.1) is 11.3 Å². The summed E-state index contributed by atoms with van der Waals surface area (Å²) < 4.78 is 5.14. The highest BCUT2D eigenvalue weighted by atomic mass is 32.1. The van der Waals surface area contributed by atoms with Crippen LogP contribution >= 0.6 is 11.3 Å². The Morgan fingerprint density at radius 3 is 2.54 bits per heavy atom. The molecule has 2 unspecified atom stereocenters. The fourth-order valence-electron chi connectivity index (χ4n) is 1.14. The van der Waals surface area contributed by atoms with E-state index in [2.05, 4.69) is 0 Å². The van der Waals surface area contributed by atoms with Gasteiger partial charge >= 0.3 is 0 Å². The number of ether oxygens (including phenoxy) is 1. The second kappa shape index (κ2) is 3.78. The lowest BCUT2D eigenvalue weighted by Gasteiger charge is -2.27. The fraction of sp³-hybridized carbons (Fsp3) is 0.600. The third kappa shape index (κ3) is 2.10. The normalized spacial score (nSPS) is 18.2. The zero-order chi connectivity index (χ0) is 10.1. The van der Waals surface area contributed by atoms with Crippen LogP contribution in [0.25, 0.3) is 0 Å². The molecule has 0 aromatic carbocycles.